The summed E-state index contributed by atoms with van der Waals surface area (Å²) in [6, 6.07) is 1.93. The third kappa shape index (κ3) is 3.76. The van der Waals surface area contributed by atoms with Crippen LogP contribution in [0.15, 0.2) is 11.2 Å². The Morgan fingerprint density at radius 2 is 1.90 bits per heavy atom. The number of aromatic nitrogens is 2. The highest BCUT2D eigenvalue weighted by atomic mass is 32.2. The predicted octanol–water partition coefficient (Wildman–Crippen LogP) is 2.59. The second kappa shape index (κ2) is 7.13. The van der Waals surface area contributed by atoms with Crippen molar-refractivity contribution < 1.29 is 5.11 Å². The molecule has 112 valence electrons. The van der Waals surface area contributed by atoms with Gasteiger partial charge in [0.2, 0.25) is 0 Å². The molecule has 1 aromatic rings. The third-order valence-corrected chi connectivity index (χ3v) is 4.44. The van der Waals surface area contributed by atoms with Gasteiger partial charge in [0.15, 0.2) is 5.16 Å². The number of hydrogen-bond donors (Lipinski definition) is 3. The van der Waals surface area contributed by atoms with E-state index < -0.39 is 0 Å². The number of hydrogen-bond acceptors (Lipinski definition) is 6. The SMILES string of the molecule is CCNc1cc(NCC2(CO)CCCC2)nc(SC)n1. The van der Waals surface area contributed by atoms with Crippen molar-refractivity contribution in [3.63, 3.8) is 0 Å². The number of nitrogens with one attached hydrogen (secondary N) is 2. The summed E-state index contributed by atoms with van der Waals surface area (Å²) in [7, 11) is 0. The molecule has 0 saturated heterocycles. The number of anilines is 2. The molecule has 0 aliphatic heterocycles. The first-order valence-corrected chi connectivity index (χ1v) is 8.45. The molecular weight excluding hydrogens is 272 g/mol. The molecule has 0 aromatic carbocycles. The van der Waals surface area contributed by atoms with Crippen LogP contribution >= 0.6 is 11.8 Å². The standard InChI is InChI=1S/C14H24N4OS/c1-3-15-11-8-12(18-13(17-11)20-2)16-9-14(10-19)6-4-5-7-14/h8,19H,3-7,9-10H2,1-2H3,(H2,15,16,17,18). The molecule has 0 spiro atoms. The number of thioether (sulfide) groups is 1. The zero-order chi connectivity index (χ0) is 14.4. The maximum atomic E-state index is 9.64. The molecule has 0 radical (unpaired) electrons. The van der Waals surface area contributed by atoms with E-state index in [1.54, 1.807) is 0 Å². The van der Waals surface area contributed by atoms with Crippen LogP contribution in [0.3, 0.4) is 0 Å². The molecule has 0 unspecified atom stereocenters. The lowest BCUT2D eigenvalue weighted by molar-refractivity contribution is 0.142. The summed E-state index contributed by atoms with van der Waals surface area (Å²) in [6.07, 6.45) is 6.59. The summed E-state index contributed by atoms with van der Waals surface area (Å²) in [5, 5.41) is 17.0. The van der Waals surface area contributed by atoms with Crippen molar-refractivity contribution in [2.24, 2.45) is 5.41 Å². The van der Waals surface area contributed by atoms with Crippen molar-refractivity contribution in [2.45, 2.75) is 37.8 Å². The van der Waals surface area contributed by atoms with E-state index in [9.17, 15) is 5.11 Å². The predicted molar refractivity (Wildman–Crippen MR) is 84.5 cm³/mol. The molecular formula is C14H24N4OS. The molecule has 3 N–H and O–H groups in total. The Morgan fingerprint density at radius 1 is 1.25 bits per heavy atom. The van der Waals surface area contributed by atoms with Gasteiger partial charge < -0.3 is 15.7 Å². The van der Waals surface area contributed by atoms with Crippen molar-refractivity contribution in [3.8, 4) is 0 Å². The highest BCUT2D eigenvalue weighted by molar-refractivity contribution is 7.98. The van der Waals surface area contributed by atoms with Crippen LogP contribution in [0, 0.1) is 5.41 Å². The van der Waals surface area contributed by atoms with Gasteiger partial charge in [-0.2, -0.15) is 0 Å². The number of aliphatic hydroxyl groups excluding tert-OH is 1. The van der Waals surface area contributed by atoms with Crippen molar-refractivity contribution in [1.29, 1.82) is 0 Å². The van der Waals surface area contributed by atoms with Crippen LogP contribution in [-0.2, 0) is 0 Å². The Hall–Kier alpha value is -1.01. The summed E-state index contributed by atoms with van der Waals surface area (Å²) in [5.74, 6) is 1.68. The maximum Gasteiger partial charge on any atom is 0.191 e. The quantitative estimate of drug-likeness (QED) is 0.531. The van der Waals surface area contributed by atoms with E-state index in [-0.39, 0.29) is 12.0 Å². The largest absolute Gasteiger partial charge is 0.396 e. The van der Waals surface area contributed by atoms with Gasteiger partial charge in [-0.15, -0.1) is 0 Å². The van der Waals surface area contributed by atoms with Gasteiger partial charge in [-0.05, 0) is 26.0 Å². The van der Waals surface area contributed by atoms with Crippen molar-refractivity contribution in [1.82, 2.24) is 9.97 Å². The molecule has 1 aromatic heterocycles. The monoisotopic (exact) mass is 296 g/mol. The lowest BCUT2D eigenvalue weighted by Gasteiger charge is -2.27. The summed E-state index contributed by atoms with van der Waals surface area (Å²) in [6.45, 7) is 3.92. The molecule has 6 heteroatoms. The molecule has 1 fully saturated rings. The van der Waals surface area contributed by atoms with Crippen molar-refractivity contribution in [3.05, 3.63) is 6.07 Å². The van der Waals surface area contributed by atoms with Crippen LogP contribution < -0.4 is 10.6 Å². The smallest absolute Gasteiger partial charge is 0.191 e. The normalized spacial score (nSPS) is 17.1. The summed E-state index contributed by atoms with van der Waals surface area (Å²) >= 11 is 1.53. The van der Waals surface area contributed by atoms with E-state index in [4.69, 9.17) is 0 Å². The van der Waals surface area contributed by atoms with Crippen LogP contribution in [0.1, 0.15) is 32.6 Å². The molecule has 1 saturated carbocycles. The molecule has 1 aliphatic carbocycles. The van der Waals surface area contributed by atoms with Gasteiger partial charge >= 0.3 is 0 Å². The third-order valence-electron chi connectivity index (χ3n) is 3.89. The van der Waals surface area contributed by atoms with Gasteiger partial charge in [0.25, 0.3) is 0 Å². The van der Waals surface area contributed by atoms with Crippen LogP contribution in [0.4, 0.5) is 11.6 Å². The fourth-order valence-corrected chi connectivity index (χ4v) is 3.05. The number of rotatable bonds is 7. The minimum atomic E-state index is 0.0306. The maximum absolute atomic E-state index is 9.64. The molecule has 0 bridgehead atoms. The molecule has 5 nitrogen and oxygen atoms in total. The minimum Gasteiger partial charge on any atom is -0.396 e. The average Bonchev–Trinajstić information content (AvgIpc) is 2.95. The highest BCUT2D eigenvalue weighted by Gasteiger charge is 2.33. The fraction of sp³-hybridized carbons (Fsp3) is 0.714. The first-order chi connectivity index (χ1) is 9.71. The van der Waals surface area contributed by atoms with E-state index in [2.05, 4.69) is 20.6 Å². The van der Waals surface area contributed by atoms with Gasteiger partial charge in [-0.1, -0.05) is 24.6 Å². The van der Waals surface area contributed by atoms with Crippen LogP contribution in [-0.4, -0.2) is 41.0 Å². The molecule has 0 amide bonds. The lowest BCUT2D eigenvalue weighted by Crippen LogP contribution is -2.30. The second-order valence-corrected chi connectivity index (χ2v) is 6.15. The molecule has 20 heavy (non-hydrogen) atoms. The number of nitrogens with zero attached hydrogens (tertiary/aromatic N) is 2. The summed E-state index contributed by atoms with van der Waals surface area (Å²) in [5.41, 5.74) is 0.0306. The molecule has 1 aliphatic rings. The van der Waals surface area contributed by atoms with E-state index in [1.165, 1.54) is 24.6 Å². The first-order valence-electron chi connectivity index (χ1n) is 7.23. The van der Waals surface area contributed by atoms with E-state index in [1.807, 2.05) is 19.2 Å². The van der Waals surface area contributed by atoms with Gasteiger partial charge in [-0.3, -0.25) is 0 Å². The van der Waals surface area contributed by atoms with E-state index >= 15 is 0 Å². The Kier molecular flexibility index (Phi) is 5.48. The Morgan fingerprint density at radius 3 is 2.45 bits per heavy atom. The Bertz CT molecular complexity index is 435. The van der Waals surface area contributed by atoms with Crippen LogP contribution in [0.5, 0.6) is 0 Å². The zero-order valence-electron chi connectivity index (χ0n) is 12.3. The van der Waals surface area contributed by atoms with E-state index in [0.717, 1.165) is 42.7 Å². The summed E-state index contributed by atoms with van der Waals surface area (Å²) in [4.78, 5) is 8.89. The average molecular weight is 296 g/mol. The van der Waals surface area contributed by atoms with Gasteiger partial charge in [0.1, 0.15) is 11.6 Å². The number of aliphatic hydroxyl groups is 1. The highest BCUT2D eigenvalue weighted by Crippen LogP contribution is 2.37. The van der Waals surface area contributed by atoms with E-state index in [0.29, 0.717) is 0 Å². The van der Waals surface area contributed by atoms with Gasteiger partial charge in [0, 0.05) is 24.6 Å². The Labute approximate surface area is 125 Å². The topological polar surface area (TPSA) is 70.1 Å². The van der Waals surface area contributed by atoms with Gasteiger partial charge in [0.05, 0.1) is 6.61 Å². The lowest BCUT2D eigenvalue weighted by atomic mass is 9.87. The first kappa shape index (κ1) is 15.4. The van der Waals surface area contributed by atoms with Crippen LogP contribution in [0.25, 0.3) is 0 Å². The fourth-order valence-electron chi connectivity index (χ4n) is 2.67. The van der Waals surface area contributed by atoms with Gasteiger partial charge in [-0.25, -0.2) is 9.97 Å². The van der Waals surface area contributed by atoms with Crippen molar-refractivity contribution in [2.75, 3.05) is 36.6 Å². The molecule has 2 rings (SSSR count). The minimum absolute atomic E-state index is 0.0306. The Balaban J connectivity index is 2.06. The molecule has 0 atom stereocenters. The zero-order valence-corrected chi connectivity index (χ0v) is 13.1. The molecule has 1 heterocycles. The van der Waals surface area contributed by atoms with Crippen LogP contribution in [0.2, 0.25) is 0 Å². The summed E-state index contributed by atoms with van der Waals surface area (Å²) < 4.78 is 0. The second-order valence-electron chi connectivity index (χ2n) is 5.37. The van der Waals surface area contributed by atoms with Crippen molar-refractivity contribution >= 4 is 23.4 Å².